The molecule has 0 aromatic heterocycles. The minimum Gasteiger partial charge on any atom is -0.399 e. The van der Waals surface area contributed by atoms with Crippen molar-refractivity contribution in [3.63, 3.8) is 0 Å². The summed E-state index contributed by atoms with van der Waals surface area (Å²) in [4.78, 5) is 28.8. The molecule has 27 heavy (non-hydrogen) atoms. The molecule has 1 aliphatic heterocycles. The first-order valence-electron chi connectivity index (χ1n) is 8.28. The van der Waals surface area contributed by atoms with Crippen molar-refractivity contribution in [2.24, 2.45) is 0 Å². The van der Waals surface area contributed by atoms with Crippen LogP contribution in [0.15, 0.2) is 48.5 Å². The highest BCUT2D eigenvalue weighted by Gasteiger charge is 2.20. The molecule has 1 saturated heterocycles. The normalized spacial score (nSPS) is 13.9. The molecule has 146 valence electrons. The van der Waals surface area contributed by atoms with Gasteiger partial charge in [-0.15, -0.1) is 24.8 Å². The number of hydrogen-bond donors (Lipinski definition) is 2. The van der Waals surface area contributed by atoms with E-state index < -0.39 is 0 Å². The Morgan fingerprint density at radius 2 is 1.56 bits per heavy atom. The molecule has 0 unspecified atom stereocenters. The number of anilines is 2. The lowest BCUT2D eigenvalue weighted by Crippen LogP contribution is -2.47. The number of nitrogens with two attached hydrogens (primary N) is 1. The van der Waals surface area contributed by atoms with E-state index in [1.54, 1.807) is 48.5 Å². The van der Waals surface area contributed by atoms with E-state index in [0.717, 1.165) is 26.2 Å². The van der Waals surface area contributed by atoms with E-state index in [1.807, 2.05) is 4.90 Å². The first kappa shape index (κ1) is 22.8. The van der Waals surface area contributed by atoms with Gasteiger partial charge in [0.15, 0.2) is 0 Å². The van der Waals surface area contributed by atoms with Crippen LogP contribution in [-0.4, -0.2) is 54.8 Å². The fraction of sp³-hybridized carbons (Fsp3) is 0.263. The summed E-state index contributed by atoms with van der Waals surface area (Å²) >= 11 is 0. The van der Waals surface area contributed by atoms with Crippen molar-refractivity contribution in [3.8, 4) is 0 Å². The SMILES string of the molecule is CN1CCN(C(=O)c2ccc(NC(=O)c3cccc(N)c3)cc2)CC1.Cl.Cl. The van der Waals surface area contributed by atoms with Crippen LogP contribution in [0.5, 0.6) is 0 Å². The molecule has 0 aliphatic carbocycles. The van der Waals surface area contributed by atoms with Crippen molar-refractivity contribution < 1.29 is 9.59 Å². The van der Waals surface area contributed by atoms with Gasteiger partial charge in [-0.25, -0.2) is 0 Å². The highest BCUT2D eigenvalue weighted by atomic mass is 35.5. The molecule has 2 aromatic rings. The third-order valence-electron chi connectivity index (χ3n) is 4.33. The number of halogens is 2. The summed E-state index contributed by atoms with van der Waals surface area (Å²) in [7, 11) is 2.06. The van der Waals surface area contributed by atoms with Crippen LogP contribution in [0.3, 0.4) is 0 Å². The molecule has 3 N–H and O–H groups in total. The fourth-order valence-electron chi connectivity index (χ4n) is 2.77. The molecule has 0 radical (unpaired) electrons. The van der Waals surface area contributed by atoms with Crippen LogP contribution in [0, 0.1) is 0 Å². The second-order valence-electron chi connectivity index (χ2n) is 6.25. The maximum atomic E-state index is 12.5. The van der Waals surface area contributed by atoms with Crippen LogP contribution in [0.4, 0.5) is 11.4 Å². The number of nitrogens with zero attached hydrogens (tertiary/aromatic N) is 2. The summed E-state index contributed by atoms with van der Waals surface area (Å²) in [5.74, 6) is -0.202. The molecule has 0 atom stereocenters. The average molecular weight is 411 g/mol. The van der Waals surface area contributed by atoms with Gasteiger partial charge in [0.1, 0.15) is 0 Å². The van der Waals surface area contributed by atoms with Crippen LogP contribution < -0.4 is 11.1 Å². The van der Waals surface area contributed by atoms with E-state index in [9.17, 15) is 9.59 Å². The molecule has 2 amide bonds. The number of rotatable bonds is 3. The zero-order valence-corrected chi connectivity index (χ0v) is 16.7. The smallest absolute Gasteiger partial charge is 0.255 e. The van der Waals surface area contributed by atoms with Crippen molar-refractivity contribution in [1.82, 2.24) is 9.80 Å². The lowest BCUT2D eigenvalue weighted by atomic mass is 10.1. The second kappa shape index (κ2) is 10.2. The minimum atomic E-state index is -0.231. The quantitative estimate of drug-likeness (QED) is 0.762. The van der Waals surface area contributed by atoms with E-state index in [2.05, 4.69) is 17.3 Å². The van der Waals surface area contributed by atoms with Crippen LogP contribution in [-0.2, 0) is 0 Å². The number of carbonyl (C=O) groups excluding carboxylic acids is 2. The van der Waals surface area contributed by atoms with Gasteiger partial charge in [-0.1, -0.05) is 6.07 Å². The van der Waals surface area contributed by atoms with Crippen molar-refractivity contribution in [2.45, 2.75) is 0 Å². The molecule has 0 spiro atoms. The maximum absolute atomic E-state index is 12.5. The Balaban J connectivity index is 0.00000182. The Labute approximate surface area is 171 Å². The molecular weight excluding hydrogens is 387 g/mol. The van der Waals surface area contributed by atoms with Crippen LogP contribution in [0.1, 0.15) is 20.7 Å². The number of likely N-dealkylation sites (N-methyl/N-ethyl adjacent to an activating group) is 1. The van der Waals surface area contributed by atoms with Crippen LogP contribution in [0.25, 0.3) is 0 Å². The van der Waals surface area contributed by atoms with Crippen LogP contribution >= 0.6 is 24.8 Å². The van der Waals surface area contributed by atoms with E-state index in [-0.39, 0.29) is 36.6 Å². The predicted molar refractivity (Wildman–Crippen MR) is 113 cm³/mol. The number of nitrogens with one attached hydrogen (secondary N) is 1. The average Bonchev–Trinajstić information content (AvgIpc) is 2.62. The molecule has 6 nitrogen and oxygen atoms in total. The van der Waals surface area contributed by atoms with E-state index in [1.165, 1.54) is 0 Å². The number of carbonyl (C=O) groups is 2. The Morgan fingerprint density at radius 3 is 2.15 bits per heavy atom. The third-order valence-corrected chi connectivity index (χ3v) is 4.33. The molecule has 8 heteroatoms. The van der Waals surface area contributed by atoms with Crippen LogP contribution in [0.2, 0.25) is 0 Å². The van der Waals surface area contributed by atoms with E-state index in [0.29, 0.717) is 22.5 Å². The number of benzene rings is 2. The van der Waals surface area contributed by atoms with Gasteiger partial charge >= 0.3 is 0 Å². The monoisotopic (exact) mass is 410 g/mol. The minimum absolute atomic E-state index is 0. The van der Waals surface area contributed by atoms with E-state index >= 15 is 0 Å². The lowest BCUT2D eigenvalue weighted by molar-refractivity contribution is 0.0664. The Kier molecular flexibility index (Phi) is 8.56. The van der Waals surface area contributed by atoms with Crippen molar-refractivity contribution in [1.29, 1.82) is 0 Å². The first-order valence-corrected chi connectivity index (χ1v) is 8.28. The van der Waals surface area contributed by atoms with Gasteiger partial charge in [-0.05, 0) is 49.5 Å². The number of hydrogen-bond acceptors (Lipinski definition) is 4. The molecule has 0 saturated carbocycles. The maximum Gasteiger partial charge on any atom is 0.255 e. The molecule has 1 aliphatic rings. The van der Waals surface area contributed by atoms with E-state index in [4.69, 9.17) is 5.73 Å². The standard InChI is InChI=1S/C19H22N4O2.2ClH/c1-22-9-11-23(12-10-22)19(25)14-5-7-17(8-6-14)21-18(24)15-3-2-4-16(20)13-15;;/h2-8,13H,9-12,20H2,1H3,(H,21,24);2*1H. The summed E-state index contributed by atoms with van der Waals surface area (Å²) in [6, 6.07) is 13.8. The van der Waals surface area contributed by atoms with Crippen molar-refractivity contribution in [3.05, 3.63) is 59.7 Å². The third kappa shape index (κ3) is 5.85. The topological polar surface area (TPSA) is 78.7 Å². The van der Waals surface area contributed by atoms with Gasteiger partial charge in [0.25, 0.3) is 11.8 Å². The zero-order chi connectivity index (χ0) is 17.8. The van der Waals surface area contributed by atoms with Gasteiger partial charge in [0.05, 0.1) is 0 Å². The largest absolute Gasteiger partial charge is 0.399 e. The summed E-state index contributed by atoms with van der Waals surface area (Å²) in [6.07, 6.45) is 0. The summed E-state index contributed by atoms with van der Waals surface area (Å²) < 4.78 is 0. The molecule has 2 aromatic carbocycles. The van der Waals surface area contributed by atoms with Crippen molar-refractivity contribution >= 4 is 48.0 Å². The van der Waals surface area contributed by atoms with Gasteiger partial charge in [0, 0.05) is 48.7 Å². The highest BCUT2D eigenvalue weighted by molar-refractivity contribution is 6.05. The van der Waals surface area contributed by atoms with Gasteiger partial charge in [0.2, 0.25) is 0 Å². The van der Waals surface area contributed by atoms with Crippen molar-refractivity contribution in [2.75, 3.05) is 44.3 Å². The molecule has 1 heterocycles. The van der Waals surface area contributed by atoms with Gasteiger partial charge in [-0.2, -0.15) is 0 Å². The Hall–Kier alpha value is -2.28. The molecular formula is C19H24Cl2N4O2. The first-order chi connectivity index (χ1) is 12.0. The molecule has 3 rings (SSSR count). The molecule has 0 bridgehead atoms. The number of amides is 2. The predicted octanol–water partition coefficient (Wildman–Crippen LogP) is 2.75. The fourth-order valence-corrected chi connectivity index (χ4v) is 2.77. The number of piperazine rings is 1. The lowest BCUT2D eigenvalue weighted by Gasteiger charge is -2.32. The Bertz CT molecular complexity index is 776. The summed E-state index contributed by atoms with van der Waals surface area (Å²) in [6.45, 7) is 3.26. The highest BCUT2D eigenvalue weighted by Crippen LogP contribution is 2.15. The molecule has 1 fully saturated rings. The van der Waals surface area contributed by atoms with Gasteiger partial charge in [-0.3, -0.25) is 9.59 Å². The zero-order valence-electron chi connectivity index (χ0n) is 15.1. The second-order valence-corrected chi connectivity index (χ2v) is 6.25. The van der Waals surface area contributed by atoms with Gasteiger partial charge < -0.3 is 20.9 Å². The number of nitrogen functional groups attached to an aromatic ring is 1. The summed E-state index contributed by atoms with van der Waals surface area (Å²) in [5.41, 5.74) is 8.01. The Morgan fingerprint density at radius 1 is 0.926 bits per heavy atom. The summed E-state index contributed by atoms with van der Waals surface area (Å²) in [5, 5.41) is 2.81.